The first-order chi connectivity index (χ1) is 20.7. The Kier molecular flexibility index (Phi) is 8.39. The predicted octanol–water partition coefficient (Wildman–Crippen LogP) is 4.54. The number of hydrogen-bond acceptors (Lipinski definition) is 11. The van der Waals surface area contributed by atoms with E-state index in [0.717, 1.165) is 0 Å². The van der Waals surface area contributed by atoms with Crippen molar-refractivity contribution in [3.05, 3.63) is 46.6 Å². The Morgan fingerprint density at radius 1 is 1.11 bits per heavy atom. The molecule has 2 saturated carbocycles. The number of aromatic nitrogens is 1. The zero-order chi connectivity index (χ0) is 32.0. The van der Waals surface area contributed by atoms with Crippen LogP contribution in [0.25, 0.3) is 11.3 Å². The maximum absolute atomic E-state index is 13.5. The lowest BCUT2D eigenvalue weighted by atomic mass is 9.42. The van der Waals surface area contributed by atoms with E-state index < -0.39 is 64.2 Å². The molecule has 2 aromatic rings. The van der Waals surface area contributed by atoms with Gasteiger partial charge in [0.05, 0.1) is 6.10 Å². The fourth-order valence-electron chi connectivity index (χ4n) is 8.26. The molecule has 238 valence electrons. The van der Waals surface area contributed by atoms with Gasteiger partial charge in [0, 0.05) is 55.6 Å². The summed E-state index contributed by atoms with van der Waals surface area (Å²) in [6.45, 7) is 10.2. The summed E-state index contributed by atoms with van der Waals surface area (Å²) in [6, 6.07) is 5.03. The lowest BCUT2D eigenvalue weighted by Gasteiger charge is -2.66. The van der Waals surface area contributed by atoms with Gasteiger partial charge in [0.2, 0.25) is 0 Å². The van der Waals surface area contributed by atoms with Crippen LogP contribution in [0.15, 0.2) is 39.8 Å². The zero-order valence-electron chi connectivity index (χ0n) is 26.1. The molecule has 0 radical (unpaired) electrons. The van der Waals surface area contributed by atoms with Crippen LogP contribution in [0.2, 0.25) is 0 Å². The quantitative estimate of drug-likeness (QED) is 0.347. The van der Waals surface area contributed by atoms with Crippen molar-refractivity contribution >= 4 is 17.9 Å². The molecule has 0 saturated heterocycles. The average Bonchev–Trinajstić information content (AvgIpc) is 2.95. The van der Waals surface area contributed by atoms with Gasteiger partial charge in [-0.15, -0.1) is 0 Å². The molecule has 2 fully saturated rings. The predicted molar refractivity (Wildman–Crippen MR) is 156 cm³/mol. The van der Waals surface area contributed by atoms with Gasteiger partial charge in [-0.2, -0.15) is 0 Å². The van der Waals surface area contributed by atoms with E-state index in [1.807, 2.05) is 27.7 Å². The summed E-state index contributed by atoms with van der Waals surface area (Å²) < 4.78 is 29.9. The maximum atomic E-state index is 13.5. The Balaban J connectivity index is 1.67. The molecule has 1 N–H and O–H groups in total. The van der Waals surface area contributed by atoms with Crippen LogP contribution >= 0.6 is 0 Å². The second kappa shape index (κ2) is 11.6. The van der Waals surface area contributed by atoms with Crippen LogP contribution in [0, 0.1) is 22.7 Å². The number of hydrogen-bond donors (Lipinski definition) is 1. The van der Waals surface area contributed by atoms with Crippen LogP contribution in [0.1, 0.15) is 85.3 Å². The summed E-state index contributed by atoms with van der Waals surface area (Å²) in [5.74, 6) is -2.11. The van der Waals surface area contributed by atoms with Crippen LogP contribution in [0.3, 0.4) is 0 Å². The van der Waals surface area contributed by atoms with E-state index >= 15 is 0 Å². The van der Waals surface area contributed by atoms with Crippen LogP contribution in [-0.2, 0) is 28.6 Å². The Labute approximate surface area is 256 Å². The first-order valence-electron chi connectivity index (χ1n) is 15.2. The molecule has 5 rings (SSSR count). The van der Waals surface area contributed by atoms with Gasteiger partial charge in [-0.05, 0) is 56.1 Å². The van der Waals surface area contributed by atoms with Crippen LogP contribution in [0.4, 0.5) is 0 Å². The van der Waals surface area contributed by atoms with E-state index in [4.69, 9.17) is 23.4 Å². The van der Waals surface area contributed by atoms with E-state index in [-0.39, 0.29) is 42.4 Å². The molecule has 2 unspecified atom stereocenters. The number of carbonyl (C=O) groups excluding carboxylic acids is 3. The summed E-state index contributed by atoms with van der Waals surface area (Å²) in [7, 11) is 0. The van der Waals surface area contributed by atoms with Crippen molar-refractivity contribution < 1.29 is 42.9 Å². The molecular weight excluding hydrogens is 570 g/mol. The number of aliphatic hydroxyl groups is 1. The minimum absolute atomic E-state index is 0.00979. The van der Waals surface area contributed by atoms with E-state index in [2.05, 4.69) is 4.98 Å². The minimum Gasteiger partial charge on any atom is -0.482 e. The van der Waals surface area contributed by atoms with Gasteiger partial charge < -0.3 is 28.5 Å². The van der Waals surface area contributed by atoms with Crippen molar-refractivity contribution in [3.8, 4) is 17.1 Å². The Morgan fingerprint density at radius 2 is 1.86 bits per heavy atom. The molecule has 11 nitrogen and oxygen atoms in total. The average molecular weight is 612 g/mol. The second-order valence-corrected chi connectivity index (χ2v) is 13.1. The highest BCUT2D eigenvalue weighted by molar-refractivity contribution is 5.70. The highest BCUT2D eigenvalue weighted by atomic mass is 16.6. The van der Waals surface area contributed by atoms with E-state index in [1.54, 1.807) is 30.6 Å². The van der Waals surface area contributed by atoms with Crippen molar-refractivity contribution in [1.29, 1.82) is 0 Å². The first kappa shape index (κ1) is 31.7. The number of rotatable bonds is 7. The maximum Gasteiger partial charge on any atom is 0.345 e. The van der Waals surface area contributed by atoms with Crippen molar-refractivity contribution in [3.63, 3.8) is 0 Å². The molecule has 3 heterocycles. The smallest absolute Gasteiger partial charge is 0.345 e. The van der Waals surface area contributed by atoms with Gasteiger partial charge in [0.1, 0.15) is 41.5 Å². The number of pyridine rings is 1. The zero-order valence-corrected chi connectivity index (χ0v) is 26.1. The summed E-state index contributed by atoms with van der Waals surface area (Å²) in [5, 5.41) is 12.2. The summed E-state index contributed by atoms with van der Waals surface area (Å²) >= 11 is 0. The number of aliphatic hydroxyl groups excluding tert-OH is 1. The second-order valence-electron chi connectivity index (χ2n) is 13.1. The highest BCUT2D eigenvalue weighted by Gasteiger charge is 2.70. The number of esters is 3. The lowest BCUT2D eigenvalue weighted by molar-refractivity contribution is -0.271. The third-order valence-electron chi connectivity index (χ3n) is 10.2. The molecule has 11 heteroatoms. The molecule has 2 aromatic heterocycles. The Morgan fingerprint density at radius 3 is 2.50 bits per heavy atom. The largest absolute Gasteiger partial charge is 0.482 e. The molecule has 44 heavy (non-hydrogen) atoms. The lowest BCUT2D eigenvalue weighted by Crippen LogP contribution is -2.71. The summed E-state index contributed by atoms with van der Waals surface area (Å²) in [4.78, 5) is 54.8. The van der Waals surface area contributed by atoms with Crippen LogP contribution in [0.5, 0.6) is 5.75 Å². The van der Waals surface area contributed by atoms with Gasteiger partial charge in [-0.1, -0.05) is 20.8 Å². The first-order valence-corrected chi connectivity index (χ1v) is 15.2. The molecule has 0 aromatic carbocycles. The van der Waals surface area contributed by atoms with Gasteiger partial charge in [0.15, 0.2) is 0 Å². The molecule has 0 bridgehead atoms. The fourth-order valence-corrected chi connectivity index (χ4v) is 8.26. The van der Waals surface area contributed by atoms with Crippen molar-refractivity contribution in [1.82, 2.24) is 4.98 Å². The van der Waals surface area contributed by atoms with E-state index in [9.17, 15) is 24.3 Å². The van der Waals surface area contributed by atoms with Crippen molar-refractivity contribution in [2.24, 2.45) is 22.7 Å². The molecule has 8 atom stereocenters. The normalized spacial score (nSPS) is 33.9. The third-order valence-corrected chi connectivity index (χ3v) is 10.2. The SMILES string of the molecule is CCCC(=O)O[C@H]1CC2[C@](C)(CC[C@H](OC(C)=O)[C@@]2(C)COC(C)=O)C2[C@@H](O)c3c(cc(-c4cccnc4)oc3=O)O[C@@]21C. The number of nitrogens with zero attached hydrogens (tertiary/aromatic N) is 1. The Bertz CT molecular complexity index is 1490. The molecule has 0 amide bonds. The van der Waals surface area contributed by atoms with E-state index in [0.29, 0.717) is 24.8 Å². The molecular formula is C33H41NO10. The van der Waals surface area contributed by atoms with Crippen LogP contribution < -0.4 is 10.4 Å². The van der Waals surface area contributed by atoms with Crippen molar-refractivity contribution in [2.45, 2.75) is 97.6 Å². The molecule has 3 aliphatic rings. The standard InChI is InChI=1S/C33H41NO10/c1-7-9-26(37)43-25-15-23-31(4,12-11-24(41-19(3)36)32(23,5)17-40-18(2)35)29-28(38)27-22(44-33(25,29)6)14-21(42-30(27)39)20-10-8-13-34-16-20/h8,10,13-14,16,23-25,28-29,38H,7,9,11-12,15,17H2,1-6H3/t23?,24-,25-,28-,29?,31-,32-,33+/m0/s1. The highest BCUT2D eigenvalue weighted by Crippen LogP contribution is 2.67. The third kappa shape index (κ3) is 5.29. The van der Waals surface area contributed by atoms with E-state index in [1.165, 1.54) is 13.8 Å². The summed E-state index contributed by atoms with van der Waals surface area (Å²) in [6.07, 6.45) is 2.33. The van der Waals surface area contributed by atoms with Gasteiger partial charge in [-0.3, -0.25) is 19.4 Å². The van der Waals surface area contributed by atoms with Crippen molar-refractivity contribution in [2.75, 3.05) is 6.61 Å². The number of ether oxygens (including phenoxy) is 4. The molecule has 1 aliphatic heterocycles. The van der Waals surface area contributed by atoms with Gasteiger partial charge in [-0.25, -0.2) is 4.79 Å². The van der Waals surface area contributed by atoms with Crippen LogP contribution in [-0.4, -0.2) is 52.4 Å². The number of carbonyl (C=O) groups is 3. The fraction of sp³-hybridized carbons (Fsp3) is 0.606. The van der Waals surface area contributed by atoms with Gasteiger partial charge >= 0.3 is 23.5 Å². The van der Waals surface area contributed by atoms with Gasteiger partial charge in [0.25, 0.3) is 0 Å². The minimum atomic E-state index is -1.34. The summed E-state index contributed by atoms with van der Waals surface area (Å²) in [5.41, 5.74) is -3.08. The monoisotopic (exact) mass is 611 g/mol. The molecule has 0 spiro atoms. The Hall–Kier alpha value is -3.73. The topological polar surface area (TPSA) is 151 Å². The molecule has 2 aliphatic carbocycles. The number of fused-ring (bicyclic) bond motifs is 4.